The fraction of sp³-hybridized carbons (Fsp3) is 0.417. The van der Waals surface area contributed by atoms with E-state index in [1.54, 1.807) is 0 Å². The highest BCUT2D eigenvalue weighted by Crippen LogP contribution is 2.16. The Bertz CT molecular complexity index is 416. The van der Waals surface area contributed by atoms with Crippen LogP contribution in [0.3, 0.4) is 0 Å². The molecule has 2 N–H and O–H groups in total. The van der Waals surface area contributed by atoms with Gasteiger partial charge in [-0.05, 0) is 31.0 Å². The van der Waals surface area contributed by atoms with Crippen LogP contribution in [0.25, 0.3) is 0 Å². The second-order valence-corrected chi connectivity index (χ2v) is 3.98. The van der Waals surface area contributed by atoms with Crippen molar-refractivity contribution in [3.05, 3.63) is 29.6 Å². The summed E-state index contributed by atoms with van der Waals surface area (Å²) in [5.41, 5.74) is 5.58. The van der Waals surface area contributed by atoms with Gasteiger partial charge in [-0.3, -0.25) is 0 Å². The standard InChI is InChI=1S/C12H14FNO3/c13-11-6-8(14)3-4-10(11)12(15)17-9-2-1-5-16-7-9/h3-4,6,9H,1-2,5,7,14H2. The molecular weight excluding hydrogens is 225 g/mol. The van der Waals surface area contributed by atoms with E-state index in [1.807, 2.05) is 0 Å². The molecule has 1 aromatic carbocycles. The van der Waals surface area contributed by atoms with Gasteiger partial charge >= 0.3 is 5.97 Å². The van der Waals surface area contributed by atoms with Crippen LogP contribution < -0.4 is 5.73 Å². The van der Waals surface area contributed by atoms with Crippen molar-refractivity contribution in [1.82, 2.24) is 0 Å². The first-order valence-corrected chi connectivity index (χ1v) is 5.50. The summed E-state index contributed by atoms with van der Waals surface area (Å²) in [5.74, 6) is -1.33. The van der Waals surface area contributed by atoms with E-state index in [4.69, 9.17) is 15.2 Å². The summed E-state index contributed by atoms with van der Waals surface area (Å²) in [6, 6.07) is 3.90. The summed E-state index contributed by atoms with van der Waals surface area (Å²) in [5, 5.41) is 0. The van der Waals surface area contributed by atoms with Crippen LogP contribution in [0.4, 0.5) is 10.1 Å². The molecule has 17 heavy (non-hydrogen) atoms. The Morgan fingerprint density at radius 2 is 2.35 bits per heavy atom. The summed E-state index contributed by atoms with van der Waals surface area (Å²) in [6.45, 7) is 1.06. The van der Waals surface area contributed by atoms with Crippen LogP contribution in [0, 0.1) is 5.82 Å². The van der Waals surface area contributed by atoms with E-state index in [1.165, 1.54) is 12.1 Å². The largest absolute Gasteiger partial charge is 0.456 e. The molecule has 92 valence electrons. The lowest BCUT2D eigenvalue weighted by atomic mass is 10.1. The third-order valence-electron chi connectivity index (χ3n) is 2.61. The minimum absolute atomic E-state index is 0.0928. The number of halogens is 1. The normalized spacial score (nSPS) is 19.9. The van der Waals surface area contributed by atoms with Gasteiger partial charge in [0.25, 0.3) is 0 Å². The molecule has 1 heterocycles. The van der Waals surface area contributed by atoms with Crippen LogP contribution in [-0.4, -0.2) is 25.3 Å². The third-order valence-corrected chi connectivity index (χ3v) is 2.61. The van der Waals surface area contributed by atoms with Crippen LogP contribution in [0.15, 0.2) is 18.2 Å². The molecule has 0 spiro atoms. The molecule has 1 aromatic rings. The number of anilines is 1. The molecule has 1 aliphatic rings. The van der Waals surface area contributed by atoms with Gasteiger partial charge in [-0.15, -0.1) is 0 Å². The molecule has 0 amide bonds. The minimum Gasteiger partial charge on any atom is -0.456 e. The van der Waals surface area contributed by atoms with E-state index in [-0.39, 0.29) is 17.4 Å². The molecule has 4 nitrogen and oxygen atoms in total. The van der Waals surface area contributed by atoms with Gasteiger partial charge in [-0.2, -0.15) is 0 Å². The lowest BCUT2D eigenvalue weighted by Gasteiger charge is -2.22. The van der Waals surface area contributed by atoms with E-state index in [0.29, 0.717) is 13.2 Å². The molecular formula is C12H14FNO3. The Balaban J connectivity index is 2.03. The second kappa shape index (κ2) is 5.14. The maximum Gasteiger partial charge on any atom is 0.341 e. The van der Waals surface area contributed by atoms with Gasteiger partial charge in [0.15, 0.2) is 0 Å². The van der Waals surface area contributed by atoms with E-state index in [0.717, 1.165) is 18.9 Å². The summed E-state index contributed by atoms with van der Waals surface area (Å²) in [7, 11) is 0. The van der Waals surface area contributed by atoms with Gasteiger partial charge in [0.1, 0.15) is 11.9 Å². The van der Waals surface area contributed by atoms with Crippen molar-refractivity contribution in [3.63, 3.8) is 0 Å². The number of carbonyl (C=O) groups excluding carboxylic acids is 1. The first-order valence-electron chi connectivity index (χ1n) is 5.50. The van der Waals surface area contributed by atoms with Crippen molar-refractivity contribution in [1.29, 1.82) is 0 Å². The third kappa shape index (κ3) is 2.94. The fourth-order valence-corrected chi connectivity index (χ4v) is 1.72. The number of rotatable bonds is 2. The number of nitrogens with two attached hydrogens (primary N) is 1. The van der Waals surface area contributed by atoms with Crippen LogP contribution >= 0.6 is 0 Å². The highest BCUT2D eigenvalue weighted by molar-refractivity contribution is 5.90. The smallest absolute Gasteiger partial charge is 0.341 e. The van der Waals surface area contributed by atoms with Crippen molar-refractivity contribution in [2.24, 2.45) is 0 Å². The van der Waals surface area contributed by atoms with Crippen molar-refractivity contribution in [2.75, 3.05) is 18.9 Å². The predicted molar refractivity (Wildman–Crippen MR) is 60.1 cm³/mol. The summed E-state index contributed by atoms with van der Waals surface area (Å²) < 4.78 is 23.8. The maximum atomic E-state index is 13.4. The molecule has 2 rings (SSSR count). The van der Waals surface area contributed by atoms with Crippen LogP contribution in [0.2, 0.25) is 0 Å². The number of esters is 1. The molecule has 5 heteroatoms. The Kier molecular flexibility index (Phi) is 3.58. The molecule has 1 atom stereocenters. The zero-order chi connectivity index (χ0) is 12.3. The Labute approximate surface area is 98.5 Å². The monoisotopic (exact) mass is 239 g/mol. The molecule has 0 saturated carbocycles. The molecule has 1 saturated heterocycles. The molecule has 0 aliphatic carbocycles. The Morgan fingerprint density at radius 1 is 1.53 bits per heavy atom. The van der Waals surface area contributed by atoms with Crippen molar-refractivity contribution < 1.29 is 18.7 Å². The molecule has 0 aromatic heterocycles. The van der Waals surface area contributed by atoms with Crippen molar-refractivity contribution >= 4 is 11.7 Å². The number of nitrogen functional groups attached to an aromatic ring is 1. The fourth-order valence-electron chi connectivity index (χ4n) is 1.72. The van der Waals surface area contributed by atoms with Gasteiger partial charge in [0.2, 0.25) is 0 Å². The van der Waals surface area contributed by atoms with Crippen LogP contribution in [0.5, 0.6) is 0 Å². The average molecular weight is 239 g/mol. The van der Waals surface area contributed by atoms with Gasteiger partial charge in [-0.1, -0.05) is 0 Å². The van der Waals surface area contributed by atoms with Crippen molar-refractivity contribution in [3.8, 4) is 0 Å². The molecule has 0 radical (unpaired) electrons. The topological polar surface area (TPSA) is 61.6 Å². The SMILES string of the molecule is Nc1ccc(C(=O)OC2CCCOC2)c(F)c1. The maximum absolute atomic E-state index is 13.4. The summed E-state index contributed by atoms with van der Waals surface area (Å²) >= 11 is 0. The average Bonchev–Trinajstić information content (AvgIpc) is 2.30. The lowest BCUT2D eigenvalue weighted by molar-refractivity contribution is -0.0308. The number of carbonyl (C=O) groups is 1. The van der Waals surface area contributed by atoms with E-state index in [9.17, 15) is 9.18 Å². The lowest BCUT2D eigenvalue weighted by Crippen LogP contribution is -2.28. The second-order valence-electron chi connectivity index (χ2n) is 3.98. The van der Waals surface area contributed by atoms with E-state index < -0.39 is 11.8 Å². The minimum atomic E-state index is -0.669. The van der Waals surface area contributed by atoms with E-state index in [2.05, 4.69) is 0 Å². The first-order chi connectivity index (χ1) is 8.16. The number of benzene rings is 1. The van der Waals surface area contributed by atoms with Crippen LogP contribution in [0.1, 0.15) is 23.2 Å². The number of hydrogen-bond donors (Lipinski definition) is 1. The van der Waals surface area contributed by atoms with Crippen molar-refractivity contribution in [2.45, 2.75) is 18.9 Å². The molecule has 1 fully saturated rings. The quantitative estimate of drug-likeness (QED) is 0.630. The molecule has 0 bridgehead atoms. The van der Waals surface area contributed by atoms with E-state index >= 15 is 0 Å². The predicted octanol–water partition coefficient (Wildman–Crippen LogP) is 1.74. The molecule has 1 unspecified atom stereocenters. The molecule has 1 aliphatic heterocycles. The van der Waals surface area contributed by atoms with Gasteiger partial charge < -0.3 is 15.2 Å². The van der Waals surface area contributed by atoms with Gasteiger partial charge in [0, 0.05) is 12.3 Å². The van der Waals surface area contributed by atoms with Crippen LogP contribution in [-0.2, 0) is 9.47 Å². The van der Waals surface area contributed by atoms with Gasteiger partial charge in [-0.25, -0.2) is 9.18 Å². The zero-order valence-electron chi connectivity index (χ0n) is 9.32. The number of ether oxygens (including phenoxy) is 2. The van der Waals surface area contributed by atoms with Gasteiger partial charge in [0.05, 0.1) is 12.2 Å². The number of hydrogen-bond acceptors (Lipinski definition) is 4. The summed E-state index contributed by atoms with van der Waals surface area (Å²) in [6.07, 6.45) is 1.32. The first kappa shape index (κ1) is 11.9. The highest BCUT2D eigenvalue weighted by atomic mass is 19.1. The summed E-state index contributed by atoms with van der Waals surface area (Å²) in [4.78, 5) is 11.7. The Morgan fingerprint density at radius 3 is 3.00 bits per heavy atom. The Hall–Kier alpha value is -1.62. The highest BCUT2D eigenvalue weighted by Gasteiger charge is 2.21. The zero-order valence-corrected chi connectivity index (χ0v) is 9.32.